The van der Waals surface area contributed by atoms with Gasteiger partial charge in [-0.25, -0.2) is 0 Å². The van der Waals surface area contributed by atoms with Crippen molar-refractivity contribution in [3.8, 4) is 0 Å². The van der Waals surface area contributed by atoms with Gasteiger partial charge in [-0.3, -0.25) is 4.79 Å². The fraction of sp³-hybridized carbons (Fsp3) is 0.909. The molecule has 1 aliphatic rings. The third-order valence-corrected chi connectivity index (χ3v) is 2.83. The molecule has 1 saturated heterocycles. The van der Waals surface area contributed by atoms with Gasteiger partial charge in [-0.2, -0.15) is 0 Å². The van der Waals surface area contributed by atoms with E-state index in [2.05, 4.69) is 10.6 Å². The van der Waals surface area contributed by atoms with Crippen molar-refractivity contribution in [3.05, 3.63) is 0 Å². The molecule has 4 heteroatoms. The molecule has 1 amide bonds. The van der Waals surface area contributed by atoms with Crippen LogP contribution in [0.5, 0.6) is 0 Å². The highest BCUT2D eigenvalue weighted by molar-refractivity contribution is 5.78. The van der Waals surface area contributed by atoms with Gasteiger partial charge in [0, 0.05) is 32.2 Å². The molecule has 0 radical (unpaired) electrons. The van der Waals surface area contributed by atoms with Gasteiger partial charge >= 0.3 is 0 Å². The molecule has 0 aromatic heterocycles. The fourth-order valence-corrected chi connectivity index (χ4v) is 1.78. The van der Waals surface area contributed by atoms with Crippen LogP contribution in [-0.4, -0.2) is 39.3 Å². The van der Waals surface area contributed by atoms with Crippen molar-refractivity contribution < 1.29 is 9.53 Å². The van der Waals surface area contributed by atoms with Gasteiger partial charge in [0.1, 0.15) is 0 Å². The van der Waals surface area contributed by atoms with E-state index in [1.165, 1.54) is 0 Å². The van der Waals surface area contributed by atoms with Crippen LogP contribution in [0, 0.1) is 11.8 Å². The Hall–Kier alpha value is -0.610. The van der Waals surface area contributed by atoms with E-state index in [9.17, 15) is 4.79 Å². The number of hydrogen-bond acceptors (Lipinski definition) is 3. The Morgan fingerprint density at radius 1 is 1.60 bits per heavy atom. The van der Waals surface area contributed by atoms with Crippen molar-refractivity contribution in [2.45, 2.75) is 19.8 Å². The molecule has 2 atom stereocenters. The van der Waals surface area contributed by atoms with Gasteiger partial charge in [0.25, 0.3) is 0 Å². The number of hydrogen-bond donors (Lipinski definition) is 2. The Morgan fingerprint density at radius 3 is 3.00 bits per heavy atom. The summed E-state index contributed by atoms with van der Waals surface area (Å²) in [4.78, 5) is 11.5. The number of carbonyl (C=O) groups is 1. The molecule has 2 N–H and O–H groups in total. The Morgan fingerprint density at radius 2 is 2.40 bits per heavy atom. The SMILES string of the molecule is CNCC(C)C(=O)NCCC1CCOC1. The Labute approximate surface area is 91.8 Å². The zero-order valence-electron chi connectivity index (χ0n) is 9.71. The van der Waals surface area contributed by atoms with Crippen molar-refractivity contribution in [1.82, 2.24) is 10.6 Å². The maximum Gasteiger partial charge on any atom is 0.224 e. The molecule has 4 nitrogen and oxygen atoms in total. The van der Waals surface area contributed by atoms with Gasteiger partial charge in [0.2, 0.25) is 5.91 Å². The lowest BCUT2D eigenvalue weighted by Gasteiger charge is -2.12. The van der Waals surface area contributed by atoms with Gasteiger partial charge < -0.3 is 15.4 Å². The minimum atomic E-state index is 0.0508. The predicted molar refractivity (Wildman–Crippen MR) is 59.6 cm³/mol. The van der Waals surface area contributed by atoms with E-state index in [0.29, 0.717) is 5.92 Å². The first-order valence-electron chi connectivity index (χ1n) is 5.74. The van der Waals surface area contributed by atoms with Crippen LogP contribution in [0.4, 0.5) is 0 Å². The monoisotopic (exact) mass is 214 g/mol. The normalized spacial score (nSPS) is 22.7. The van der Waals surface area contributed by atoms with E-state index < -0.39 is 0 Å². The molecule has 0 aliphatic carbocycles. The quantitative estimate of drug-likeness (QED) is 0.672. The first-order chi connectivity index (χ1) is 7.24. The van der Waals surface area contributed by atoms with Crippen molar-refractivity contribution in [2.24, 2.45) is 11.8 Å². The summed E-state index contributed by atoms with van der Waals surface area (Å²) in [6, 6.07) is 0. The van der Waals surface area contributed by atoms with Crippen LogP contribution in [0.2, 0.25) is 0 Å². The molecule has 15 heavy (non-hydrogen) atoms. The largest absolute Gasteiger partial charge is 0.381 e. The molecular weight excluding hydrogens is 192 g/mol. The summed E-state index contributed by atoms with van der Waals surface area (Å²) in [6.45, 7) is 5.19. The zero-order valence-corrected chi connectivity index (χ0v) is 9.71. The summed E-state index contributed by atoms with van der Waals surface area (Å²) in [5.74, 6) is 0.836. The third kappa shape index (κ3) is 4.62. The minimum Gasteiger partial charge on any atom is -0.381 e. The lowest BCUT2D eigenvalue weighted by atomic mass is 10.1. The molecule has 1 fully saturated rings. The van der Waals surface area contributed by atoms with Crippen LogP contribution < -0.4 is 10.6 Å². The first-order valence-corrected chi connectivity index (χ1v) is 5.74. The second-order valence-corrected chi connectivity index (χ2v) is 4.27. The Balaban J connectivity index is 2.05. The molecular formula is C11H22N2O2. The van der Waals surface area contributed by atoms with Crippen molar-refractivity contribution >= 4 is 5.91 Å². The van der Waals surface area contributed by atoms with E-state index in [1.54, 1.807) is 0 Å². The van der Waals surface area contributed by atoms with Crippen molar-refractivity contribution in [1.29, 1.82) is 0 Å². The number of rotatable bonds is 6. The molecule has 2 unspecified atom stereocenters. The standard InChI is InChI=1S/C11H22N2O2/c1-9(7-12-2)11(14)13-5-3-10-4-6-15-8-10/h9-10,12H,3-8H2,1-2H3,(H,13,14). The molecule has 0 spiro atoms. The van der Waals surface area contributed by atoms with Crippen LogP contribution >= 0.6 is 0 Å². The first kappa shape index (κ1) is 12.5. The number of nitrogens with one attached hydrogen (secondary N) is 2. The number of ether oxygens (including phenoxy) is 1. The Bertz CT molecular complexity index is 191. The summed E-state index contributed by atoms with van der Waals surface area (Å²) >= 11 is 0. The Kier molecular flexibility index (Phi) is 5.65. The lowest BCUT2D eigenvalue weighted by molar-refractivity contribution is -0.124. The molecule has 0 bridgehead atoms. The number of carbonyl (C=O) groups excluding carboxylic acids is 1. The number of amides is 1. The molecule has 0 saturated carbocycles. The summed E-state index contributed by atoms with van der Waals surface area (Å²) < 4.78 is 5.28. The smallest absolute Gasteiger partial charge is 0.224 e. The van der Waals surface area contributed by atoms with Gasteiger partial charge in [-0.1, -0.05) is 6.92 Å². The molecule has 1 heterocycles. The van der Waals surface area contributed by atoms with Crippen LogP contribution in [0.1, 0.15) is 19.8 Å². The average Bonchev–Trinajstić information content (AvgIpc) is 2.71. The van der Waals surface area contributed by atoms with Crippen LogP contribution in [0.3, 0.4) is 0 Å². The maximum absolute atomic E-state index is 11.5. The van der Waals surface area contributed by atoms with Crippen molar-refractivity contribution in [3.63, 3.8) is 0 Å². The highest BCUT2D eigenvalue weighted by Crippen LogP contribution is 2.15. The minimum absolute atomic E-state index is 0.0508. The van der Waals surface area contributed by atoms with E-state index in [-0.39, 0.29) is 11.8 Å². The van der Waals surface area contributed by atoms with Gasteiger partial charge in [-0.05, 0) is 25.8 Å². The van der Waals surface area contributed by atoms with E-state index in [4.69, 9.17) is 4.74 Å². The summed E-state index contributed by atoms with van der Waals surface area (Å²) in [5, 5.41) is 5.96. The molecule has 1 rings (SSSR count). The zero-order chi connectivity index (χ0) is 11.1. The average molecular weight is 214 g/mol. The summed E-state index contributed by atoms with van der Waals surface area (Å²) in [5.41, 5.74) is 0. The van der Waals surface area contributed by atoms with Crippen molar-refractivity contribution in [2.75, 3.05) is 33.4 Å². The molecule has 88 valence electrons. The van der Waals surface area contributed by atoms with Gasteiger partial charge in [0.15, 0.2) is 0 Å². The van der Waals surface area contributed by atoms with E-state index in [0.717, 1.165) is 39.1 Å². The highest BCUT2D eigenvalue weighted by Gasteiger charge is 2.16. The topological polar surface area (TPSA) is 50.4 Å². The summed E-state index contributed by atoms with van der Waals surface area (Å²) in [6.07, 6.45) is 2.18. The third-order valence-electron chi connectivity index (χ3n) is 2.83. The highest BCUT2D eigenvalue weighted by atomic mass is 16.5. The second-order valence-electron chi connectivity index (χ2n) is 4.27. The fourth-order valence-electron chi connectivity index (χ4n) is 1.78. The van der Waals surface area contributed by atoms with E-state index in [1.807, 2.05) is 14.0 Å². The predicted octanol–water partition coefficient (Wildman–Crippen LogP) is 0.385. The molecule has 0 aromatic carbocycles. The molecule has 1 aliphatic heterocycles. The van der Waals surface area contributed by atoms with E-state index >= 15 is 0 Å². The van der Waals surface area contributed by atoms with Gasteiger partial charge in [0.05, 0.1) is 0 Å². The van der Waals surface area contributed by atoms with Gasteiger partial charge in [-0.15, -0.1) is 0 Å². The second kappa shape index (κ2) is 6.80. The van der Waals surface area contributed by atoms with Crippen LogP contribution in [-0.2, 0) is 9.53 Å². The van der Waals surface area contributed by atoms with Crippen LogP contribution in [0.25, 0.3) is 0 Å². The van der Waals surface area contributed by atoms with Crippen LogP contribution in [0.15, 0.2) is 0 Å². The maximum atomic E-state index is 11.5. The lowest BCUT2D eigenvalue weighted by Crippen LogP contribution is -2.35. The summed E-state index contributed by atoms with van der Waals surface area (Å²) in [7, 11) is 1.86. The molecule has 0 aromatic rings.